The van der Waals surface area contributed by atoms with Gasteiger partial charge < -0.3 is 14.8 Å². The quantitative estimate of drug-likeness (QED) is 0.780. The van der Waals surface area contributed by atoms with Crippen LogP contribution in [-0.2, 0) is 13.0 Å². The number of hydrogen-bond acceptors (Lipinski definition) is 4. The van der Waals surface area contributed by atoms with E-state index < -0.39 is 11.6 Å². The van der Waals surface area contributed by atoms with Crippen LogP contribution in [0.25, 0.3) is 11.2 Å². The fourth-order valence-corrected chi connectivity index (χ4v) is 3.47. The lowest BCUT2D eigenvalue weighted by atomic mass is 10.2. The number of fused-ring (bicyclic) bond motifs is 1. The molecule has 1 N–H and O–H groups in total. The molecule has 7 heteroatoms. The maximum atomic E-state index is 13.6. The fourth-order valence-electron chi connectivity index (χ4n) is 3.47. The van der Waals surface area contributed by atoms with E-state index in [9.17, 15) is 8.78 Å². The number of imidazole rings is 1. The highest BCUT2D eigenvalue weighted by atomic mass is 19.2. The molecule has 1 aromatic carbocycles. The molecule has 3 aromatic rings. The Morgan fingerprint density at radius 1 is 1.12 bits per heavy atom. The number of pyridine rings is 1. The van der Waals surface area contributed by atoms with Crippen LogP contribution in [0.1, 0.15) is 18.3 Å². The van der Waals surface area contributed by atoms with E-state index in [2.05, 4.69) is 15.2 Å². The van der Waals surface area contributed by atoms with Crippen LogP contribution in [-0.4, -0.2) is 40.7 Å². The molecule has 5 nitrogen and oxygen atoms in total. The Morgan fingerprint density at radius 3 is 2.65 bits per heavy atom. The number of nitrogens with zero attached hydrogens (tertiary/aromatic N) is 4. The molecular formula is C19H21F2N5. The van der Waals surface area contributed by atoms with Gasteiger partial charge in [0.25, 0.3) is 0 Å². The van der Waals surface area contributed by atoms with Gasteiger partial charge in [0.05, 0.1) is 12.2 Å². The van der Waals surface area contributed by atoms with Gasteiger partial charge in [0.2, 0.25) is 0 Å². The second-order valence-electron chi connectivity index (χ2n) is 6.46. The molecule has 3 heterocycles. The predicted octanol–water partition coefficient (Wildman–Crippen LogP) is 2.73. The first-order valence-electron chi connectivity index (χ1n) is 8.91. The molecule has 0 amide bonds. The second kappa shape index (κ2) is 6.99. The highest BCUT2D eigenvalue weighted by molar-refractivity contribution is 5.86. The monoisotopic (exact) mass is 357 g/mol. The van der Waals surface area contributed by atoms with Crippen molar-refractivity contribution < 1.29 is 8.78 Å². The SMILES string of the molecule is CCc1nc2c(N3CCNCC3)ccnc2n1Cc1ccc(F)c(F)c1. The summed E-state index contributed by atoms with van der Waals surface area (Å²) in [6.07, 6.45) is 2.53. The molecule has 1 aliphatic heterocycles. The van der Waals surface area contributed by atoms with Gasteiger partial charge in [-0.2, -0.15) is 0 Å². The van der Waals surface area contributed by atoms with Gasteiger partial charge in [0, 0.05) is 38.8 Å². The Morgan fingerprint density at radius 2 is 1.92 bits per heavy atom. The highest BCUT2D eigenvalue weighted by Crippen LogP contribution is 2.27. The Labute approximate surface area is 150 Å². The van der Waals surface area contributed by atoms with Gasteiger partial charge in [0.1, 0.15) is 11.3 Å². The minimum Gasteiger partial charge on any atom is -0.367 e. The Hall–Kier alpha value is -2.54. The number of anilines is 1. The van der Waals surface area contributed by atoms with Crippen molar-refractivity contribution in [3.05, 3.63) is 53.5 Å². The van der Waals surface area contributed by atoms with E-state index in [0.717, 1.165) is 61.3 Å². The third kappa shape index (κ3) is 3.03. The average molecular weight is 357 g/mol. The van der Waals surface area contributed by atoms with Crippen molar-refractivity contribution in [2.45, 2.75) is 19.9 Å². The van der Waals surface area contributed by atoms with E-state index in [1.165, 1.54) is 6.07 Å². The van der Waals surface area contributed by atoms with Crippen molar-refractivity contribution >= 4 is 16.9 Å². The predicted molar refractivity (Wildman–Crippen MR) is 97.4 cm³/mol. The van der Waals surface area contributed by atoms with Gasteiger partial charge in [-0.05, 0) is 23.8 Å². The molecule has 0 radical (unpaired) electrons. The summed E-state index contributed by atoms with van der Waals surface area (Å²) in [6.45, 7) is 6.19. The van der Waals surface area contributed by atoms with Crippen molar-refractivity contribution in [3.8, 4) is 0 Å². The number of aryl methyl sites for hydroxylation is 1. The van der Waals surface area contributed by atoms with E-state index in [1.54, 1.807) is 12.3 Å². The summed E-state index contributed by atoms with van der Waals surface area (Å²) < 4.78 is 28.8. The number of halogens is 2. The van der Waals surface area contributed by atoms with Gasteiger partial charge in [-0.15, -0.1) is 0 Å². The molecule has 0 bridgehead atoms. The van der Waals surface area contributed by atoms with E-state index in [4.69, 9.17) is 4.98 Å². The van der Waals surface area contributed by atoms with Gasteiger partial charge in [-0.1, -0.05) is 13.0 Å². The molecule has 1 aliphatic rings. The standard InChI is InChI=1S/C19H21F2N5/c1-2-17-24-18-16(25-9-7-22-8-10-25)5-6-23-19(18)26(17)12-13-3-4-14(20)15(21)11-13/h3-6,11,22H,2,7-10,12H2,1H3. The molecule has 0 unspecified atom stereocenters. The van der Waals surface area contributed by atoms with Gasteiger partial charge in [0.15, 0.2) is 17.3 Å². The maximum Gasteiger partial charge on any atom is 0.162 e. The molecule has 4 rings (SSSR count). The lowest BCUT2D eigenvalue weighted by Crippen LogP contribution is -2.43. The molecule has 0 spiro atoms. The third-order valence-corrected chi connectivity index (χ3v) is 4.79. The van der Waals surface area contributed by atoms with Crippen LogP contribution in [0.5, 0.6) is 0 Å². The molecule has 26 heavy (non-hydrogen) atoms. The minimum absolute atomic E-state index is 0.412. The molecule has 136 valence electrons. The topological polar surface area (TPSA) is 46.0 Å². The summed E-state index contributed by atoms with van der Waals surface area (Å²) >= 11 is 0. The Kier molecular flexibility index (Phi) is 4.55. The fraction of sp³-hybridized carbons (Fsp3) is 0.368. The van der Waals surface area contributed by atoms with Crippen LogP contribution < -0.4 is 10.2 Å². The molecule has 1 saturated heterocycles. The molecular weight excluding hydrogens is 336 g/mol. The van der Waals surface area contributed by atoms with E-state index >= 15 is 0 Å². The number of rotatable bonds is 4. The second-order valence-corrected chi connectivity index (χ2v) is 6.46. The normalized spacial score (nSPS) is 15.0. The van der Waals surface area contributed by atoms with Crippen LogP contribution in [0.2, 0.25) is 0 Å². The van der Waals surface area contributed by atoms with Crippen LogP contribution >= 0.6 is 0 Å². The summed E-state index contributed by atoms with van der Waals surface area (Å²) in [5.41, 5.74) is 3.42. The lowest BCUT2D eigenvalue weighted by molar-refractivity contribution is 0.506. The molecule has 2 aromatic heterocycles. The van der Waals surface area contributed by atoms with Gasteiger partial charge in [-0.3, -0.25) is 0 Å². The largest absolute Gasteiger partial charge is 0.367 e. The van der Waals surface area contributed by atoms with Crippen LogP contribution in [0.4, 0.5) is 14.5 Å². The zero-order valence-electron chi connectivity index (χ0n) is 14.7. The van der Waals surface area contributed by atoms with Gasteiger partial charge >= 0.3 is 0 Å². The van der Waals surface area contributed by atoms with Crippen LogP contribution in [0.15, 0.2) is 30.5 Å². The number of aromatic nitrogens is 3. The van der Waals surface area contributed by atoms with Crippen molar-refractivity contribution in [3.63, 3.8) is 0 Å². The third-order valence-electron chi connectivity index (χ3n) is 4.79. The average Bonchev–Trinajstić information content (AvgIpc) is 3.03. The van der Waals surface area contributed by atoms with Crippen molar-refractivity contribution in [1.82, 2.24) is 19.9 Å². The number of hydrogen-bond donors (Lipinski definition) is 1. The maximum absolute atomic E-state index is 13.6. The smallest absolute Gasteiger partial charge is 0.162 e. The molecule has 0 atom stereocenters. The van der Waals surface area contributed by atoms with Gasteiger partial charge in [-0.25, -0.2) is 18.7 Å². The number of nitrogens with one attached hydrogen (secondary N) is 1. The first kappa shape index (κ1) is 16.9. The first-order chi connectivity index (χ1) is 12.7. The molecule has 0 saturated carbocycles. The van der Waals surface area contributed by atoms with Crippen LogP contribution in [0.3, 0.4) is 0 Å². The highest BCUT2D eigenvalue weighted by Gasteiger charge is 2.19. The molecule has 0 aliphatic carbocycles. The zero-order valence-corrected chi connectivity index (χ0v) is 14.7. The van der Waals surface area contributed by atoms with Crippen molar-refractivity contribution in [2.75, 3.05) is 31.1 Å². The van der Waals surface area contributed by atoms with Crippen molar-refractivity contribution in [1.29, 1.82) is 0 Å². The number of piperazine rings is 1. The van der Waals surface area contributed by atoms with E-state index in [-0.39, 0.29) is 0 Å². The number of benzene rings is 1. The summed E-state index contributed by atoms with van der Waals surface area (Å²) in [7, 11) is 0. The summed E-state index contributed by atoms with van der Waals surface area (Å²) in [5.74, 6) is -0.779. The zero-order chi connectivity index (χ0) is 18.1. The summed E-state index contributed by atoms with van der Waals surface area (Å²) in [4.78, 5) is 11.7. The van der Waals surface area contributed by atoms with Crippen LogP contribution in [0, 0.1) is 11.6 Å². The van der Waals surface area contributed by atoms with E-state index in [1.807, 2.05) is 17.6 Å². The lowest BCUT2D eigenvalue weighted by Gasteiger charge is -2.29. The Bertz CT molecular complexity index is 931. The summed E-state index contributed by atoms with van der Waals surface area (Å²) in [6, 6.07) is 6.00. The minimum atomic E-state index is -0.834. The summed E-state index contributed by atoms with van der Waals surface area (Å²) in [5, 5.41) is 3.35. The first-order valence-corrected chi connectivity index (χ1v) is 8.91. The van der Waals surface area contributed by atoms with E-state index in [0.29, 0.717) is 12.1 Å². The molecule has 1 fully saturated rings. The Balaban J connectivity index is 1.77. The van der Waals surface area contributed by atoms with Crippen molar-refractivity contribution in [2.24, 2.45) is 0 Å².